The number of carbonyl (C=O) groups is 2. The first-order valence-corrected chi connectivity index (χ1v) is 7.30. The van der Waals surface area contributed by atoms with Gasteiger partial charge in [-0.2, -0.15) is 0 Å². The van der Waals surface area contributed by atoms with E-state index in [0.29, 0.717) is 5.69 Å². The van der Waals surface area contributed by atoms with E-state index in [1.807, 2.05) is 4.72 Å². The molecule has 0 fully saturated rings. The van der Waals surface area contributed by atoms with Gasteiger partial charge in [-0.1, -0.05) is 23.2 Å². The topological polar surface area (TPSA) is 92.3 Å². The summed E-state index contributed by atoms with van der Waals surface area (Å²) in [7, 11) is -3.89. The number of anilines is 1. The van der Waals surface area contributed by atoms with E-state index in [-0.39, 0.29) is 4.90 Å². The van der Waals surface area contributed by atoms with E-state index >= 15 is 0 Å². The zero-order chi connectivity index (χ0) is 14.6. The van der Waals surface area contributed by atoms with Crippen LogP contribution in [-0.4, -0.2) is 25.1 Å². The average Bonchev–Trinajstić information content (AvgIpc) is 2.27. The molecule has 0 aliphatic heterocycles. The molecule has 0 unspecified atom stereocenters. The lowest BCUT2D eigenvalue weighted by Crippen LogP contribution is -2.28. The third-order valence-corrected chi connectivity index (χ3v) is 3.75. The highest BCUT2D eigenvalue weighted by molar-refractivity contribution is 7.90. The van der Waals surface area contributed by atoms with Crippen LogP contribution in [0.2, 0.25) is 0 Å². The Morgan fingerprint density at radius 3 is 2.11 bits per heavy atom. The maximum atomic E-state index is 11.6. The van der Waals surface area contributed by atoms with Gasteiger partial charge in [0.15, 0.2) is 4.84 Å². The number of alkyl halides is 2. The monoisotopic (exact) mass is 324 g/mol. The number of nitrogens with one attached hydrogen (secondary N) is 2. The average molecular weight is 325 g/mol. The van der Waals surface area contributed by atoms with Crippen molar-refractivity contribution in [1.29, 1.82) is 0 Å². The van der Waals surface area contributed by atoms with E-state index < -0.39 is 26.7 Å². The predicted octanol–water partition coefficient (Wildman–Crippen LogP) is 1.25. The zero-order valence-electron chi connectivity index (χ0n) is 9.68. The van der Waals surface area contributed by atoms with Crippen LogP contribution in [0.5, 0.6) is 0 Å². The minimum atomic E-state index is -3.89. The molecular weight excluding hydrogens is 315 g/mol. The quantitative estimate of drug-likeness (QED) is 0.815. The molecule has 2 N–H and O–H groups in total. The van der Waals surface area contributed by atoms with Crippen LogP contribution in [-0.2, 0) is 19.6 Å². The summed E-state index contributed by atoms with van der Waals surface area (Å²) in [6.07, 6.45) is 0. The summed E-state index contributed by atoms with van der Waals surface area (Å²) in [5.74, 6) is -1.31. The molecule has 104 valence electrons. The maximum Gasteiger partial charge on any atom is 0.264 e. The molecule has 0 aromatic heterocycles. The highest BCUT2D eigenvalue weighted by Gasteiger charge is 2.16. The molecule has 0 saturated carbocycles. The SMILES string of the molecule is CC(=O)NS(=O)(=O)c1ccc(NC(=O)C(Cl)Cl)cc1. The van der Waals surface area contributed by atoms with Crippen LogP contribution >= 0.6 is 23.2 Å². The fraction of sp³-hybridized carbons (Fsp3) is 0.200. The molecule has 9 heteroatoms. The summed E-state index contributed by atoms with van der Waals surface area (Å²) in [5, 5.41) is 2.38. The van der Waals surface area contributed by atoms with Crippen molar-refractivity contribution in [3.05, 3.63) is 24.3 Å². The van der Waals surface area contributed by atoms with Crippen molar-refractivity contribution in [3.8, 4) is 0 Å². The third kappa shape index (κ3) is 4.70. The van der Waals surface area contributed by atoms with E-state index in [0.717, 1.165) is 6.92 Å². The van der Waals surface area contributed by atoms with Crippen molar-refractivity contribution in [2.24, 2.45) is 0 Å². The van der Waals surface area contributed by atoms with Gasteiger partial charge in [0.25, 0.3) is 15.9 Å². The van der Waals surface area contributed by atoms with E-state index in [1.54, 1.807) is 0 Å². The van der Waals surface area contributed by atoms with Crippen molar-refractivity contribution < 1.29 is 18.0 Å². The molecule has 6 nitrogen and oxygen atoms in total. The lowest BCUT2D eigenvalue weighted by atomic mass is 10.3. The van der Waals surface area contributed by atoms with Gasteiger partial charge in [0.05, 0.1) is 4.90 Å². The van der Waals surface area contributed by atoms with Crippen molar-refractivity contribution in [2.45, 2.75) is 16.7 Å². The Morgan fingerprint density at radius 1 is 1.16 bits per heavy atom. The normalized spacial score (nSPS) is 11.2. The molecule has 19 heavy (non-hydrogen) atoms. The number of rotatable bonds is 4. The standard InChI is InChI=1S/C10H10Cl2N2O4S/c1-6(15)14-19(17,18)8-4-2-7(3-5-8)13-10(16)9(11)12/h2-5,9H,1H3,(H,13,16)(H,14,15). The number of hydrogen-bond acceptors (Lipinski definition) is 4. The third-order valence-electron chi connectivity index (χ3n) is 1.91. The molecule has 1 rings (SSSR count). The van der Waals surface area contributed by atoms with Crippen LogP contribution in [0.3, 0.4) is 0 Å². The summed E-state index contributed by atoms with van der Waals surface area (Å²) in [6.45, 7) is 1.09. The minimum Gasteiger partial charge on any atom is -0.324 e. The summed E-state index contributed by atoms with van der Waals surface area (Å²) in [4.78, 5) is 20.6. The van der Waals surface area contributed by atoms with Crippen LogP contribution in [0, 0.1) is 0 Å². The number of sulfonamides is 1. The molecule has 0 bridgehead atoms. The minimum absolute atomic E-state index is 0.103. The van der Waals surface area contributed by atoms with E-state index in [4.69, 9.17) is 23.2 Å². The Labute approximate surface area is 120 Å². The summed E-state index contributed by atoms with van der Waals surface area (Å²) < 4.78 is 25.1. The molecule has 2 amide bonds. The Morgan fingerprint density at radius 2 is 1.68 bits per heavy atom. The molecule has 0 atom stereocenters. The predicted molar refractivity (Wildman–Crippen MR) is 71.6 cm³/mol. The highest BCUT2D eigenvalue weighted by Crippen LogP contribution is 2.15. The van der Waals surface area contributed by atoms with Gasteiger partial charge in [0, 0.05) is 12.6 Å². The number of halogens is 2. The second-order valence-electron chi connectivity index (χ2n) is 3.48. The van der Waals surface area contributed by atoms with Crippen LogP contribution < -0.4 is 10.0 Å². The molecular formula is C10H10Cl2N2O4S. The molecule has 0 radical (unpaired) electrons. The van der Waals surface area contributed by atoms with Crippen molar-refractivity contribution in [3.63, 3.8) is 0 Å². The molecule has 0 spiro atoms. The zero-order valence-corrected chi connectivity index (χ0v) is 12.0. The smallest absolute Gasteiger partial charge is 0.264 e. The van der Waals surface area contributed by atoms with Gasteiger partial charge in [-0.15, -0.1) is 0 Å². The van der Waals surface area contributed by atoms with E-state index in [1.165, 1.54) is 24.3 Å². The van der Waals surface area contributed by atoms with Gasteiger partial charge < -0.3 is 5.32 Å². The fourth-order valence-electron chi connectivity index (χ4n) is 1.16. The molecule has 0 saturated heterocycles. The first kappa shape index (κ1) is 15.7. The van der Waals surface area contributed by atoms with Crippen molar-refractivity contribution >= 4 is 50.7 Å². The second-order valence-corrected chi connectivity index (χ2v) is 6.25. The lowest BCUT2D eigenvalue weighted by molar-refractivity contribution is -0.117. The van der Waals surface area contributed by atoms with Crippen LogP contribution in [0.1, 0.15) is 6.92 Å². The fourth-order valence-corrected chi connectivity index (χ4v) is 2.26. The molecule has 0 heterocycles. The van der Waals surface area contributed by atoms with E-state index in [2.05, 4.69) is 5.32 Å². The Kier molecular flexibility index (Phi) is 5.16. The number of amides is 2. The molecule has 0 aliphatic carbocycles. The first-order valence-electron chi connectivity index (χ1n) is 4.95. The highest BCUT2D eigenvalue weighted by atomic mass is 35.5. The molecule has 1 aromatic carbocycles. The maximum absolute atomic E-state index is 11.6. The van der Waals surface area contributed by atoms with Gasteiger partial charge in [-0.05, 0) is 24.3 Å². The lowest BCUT2D eigenvalue weighted by Gasteiger charge is -2.07. The van der Waals surface area contributed by atoms with Crippen LogP contribution in [0.25, 0.3) is 0 Å². The Bertz CT molecular complexity index is 584. The van der Waals surface area contributed by atoms with E-state index in [9.17, 15) is 18.0 Å². The number of carbonyl (C=O) groups excluding carboxylic acids is 2. The number of benzene rings is 1. The summed E-state index contributed by atoms with van der Waals surface area (Å²) >= 11 is 10.7. The molecule has 0 aliphatic rings. The largest absolute Gasteiger partial charge is 0.324 e. The number of hydrogen-bond donors (Lipinski definition) is 2. The van der Waals surface area contributed by atoms with Gasteiger partial charge in [-0.25, -0.2) is 13.1 Å². The molecule has 1 aromatic rings. The first-order chi connectivity index (χ1) is 8.72. The van der Waals surface area contributed by atoms with Gasteiger partial charge in [0.1, 0.15) is 0 Å². The van der Waals surface area contributed by atoms with Crippen LogP contribution in [0.15, 0.2) is 29.2 Å². The van der Waals surface area contributed by atoms with Crippen LogP contribution in [0.4, 0.5) is 5.69 Å². The van der Waals surface area contributed by atoms with Gasteiger partial charge >= 0.3 is 0 Å². The Balaban J connectivity index is 2.88. The van der Waals surface area contributed by atoms with Crippen molar-refractivity contribution in [2.75, 3.05) is 5.32 Å². The second kappa shape index (κ2) is 6.23. The summed E-state index contributed by atoms with van der Waals surface area (Å²) in [5.41, 5.74) is 0.332. The van der Waals surface area contributed by atoms with Gasteiger partial charge in [0.2, 0.25) is 5.91 Å². The van der Waals surface area contributed by atoms with Gasteiger partial charge in [-0.3, -0.25) is 9.59 Å². The van der Waals surface area contributed by atoms with Crippen molar-refractivity contribution in [1.82, 2.24) is 4.72 Å². The summed E-state index contributed by atoms with van der Waals surface area (Å²) in [6, 6.07) is 5.17. The Hall–Kier alpha value is -1.31.